The summed E-state index contributed by atoms with van der Waals surface area (Å²) < 4.78 is 0.837. The van der Waals surface area contributed by atoms with Crippen LogP contribution in [0.25, 0.3) is 0 Å². The van der Waals surface area contributed by atoms with E-state index in [4.69, 9.17) is 34.8 Å². The Kier molecular flexibility index (Phi) is 5.55. The third kappa shape index (κ3) is 4.37. The summed E-state index contributed by atoms with van der Waals surface area (Å²) in [4.78, 5) is 1.28. The fourth-order valence-corrected chi connectivity index (χ4v) is 3.52. The molecule has 1 aromatic carbocycles. The van der Waals surface area contributed by atoms with Gasteiger partial charge >= 0.3 is 0 Å². The molecule has 1 nitrogen and oxygen atoms in total. The number of thiophene rings is 1. The molecule has 102 valence electrons. The minimum absolute atomic E-state index is 0.195. The maximum atomic E-state index is 6.18. The van der Waals surface area contributed by atoms with Crippen LogP contribution >= 0.6 is 46.1 Å². The first kappa shape index (κ1) is 15.1. The van der Waals surface area contributed by atoms with Crippen LogP contribution in [-0.4, -0.2) is 6.54 Å². The van der Waals surface area contributed by atoms with Crippen LogP contribution in [0.1, 0.15) is 23.4 Å². The topological polar surface area (TPSA) is 12.0 Å². The molecule has 0 aliphatic carbocycles. The van der Waals surface area contributed by atoms with E-state index in [2.05, 4.69) is 18.3 Å². The molecule has 1 heterocycles. The zero-order chi connectivity index (χ0) is 13.8. The molecule has 0 aliphatic rings. The van der Waals surface area contributed by atoms with Crippen molar-refractivity contribution < 1.29 is 0 Å². The van der Waals surface area contributed by atoms with Crippen molar-refractivity contribution in [2.24, 2.45) is 0 Å². The van der Waals surface area contributed by atoms with Gasteiger partial charge in [-0.25, -0.2) is 0 Å². The number of rotatable bonds is 5. The van der Waals surface area contributed by atoms with Gasteiger partial charge in [0.1, 0.15) is 0 Å². The second-order valence-corrected chi connectivity index (χ2v) is 6.94. The minimum Gasteiger partial charge on any atom is -0.310 e. The average Bonchev–Trinajstić information content (AvgIpc) is 2.75. The van der Waals surface area contributed by atoms with Crippen molar-refractivity contribution in [1.29, 1.82) is 0 Å². The van der Waals surface area contributed by atoms with Gasteiger partial charge in [0.2, 0.25) is 0 Å². The molecule has 5 heteroatoms. The standard InChI is InChI=1S/C14H14Cl3NS/c1-9(12-4-2-10(15)8-13(12)16)18-7-6-11-3-5-14(17)19-11/h2-5,8-9,18H,6-7H2,1H3. The third-order valence-corrected chi connectivity index (χ3v) is 4.73. The summed E-state index contributed by atoms with van der Waals surface area (Å²) in [5.41, 5.74) is 1.07. The molecule has 0 saturated heterocycles. The summed E-state index contributed by atoms with van der Waals surface area (Å²) >= 11 is 19.6. The highest BCUT2D eigenvalue weighted by Crippen LogP contribution is 2.26. The van der Waals surface area contributed by atoms with E-state index in [-0.39, 0.29) is 6.04 Å². The van der Waals surface area contributed by atoms with Gasteiger partial charge in [-0.15, -0.1) is 11.3 Å². The van der Waals surface area contributed by atoms with Crippen molar-refractivity contribution in [2.45, 2.75) is 19.4 Å². The van der Waals surface area contributed by atoms with Crippen LogP contribution in [0.4, 0.5) is 0 Å². The second kappa shape index (κ2) is 6.96. The lowest BCUT2D eigenvalue weighted by Gasteiger charge is -2.15. The summed E-state index contributed by atoms with van der Waals surface area (Å²) in [5.74, 6) is 0. The lowest BCUT2D eigenvalue weighted by molar-refractivity contribution is 0.579. The van der Waals surface area contributed by atoms with Gasteiger partial charge in [0.15, 0.2) is 0 Å². The van der Waals surface area contributed by atoms with E-state index in [9.17, 15) is 0 Å². The van der Waals surface area contributed by atoms with Crippen LogP contribution in [0.15, 0.2) is 30.3 Å². The Morgan fingerprint density at radius 1 is 1.16 bits per heavy atom. The van der Waals surface area contributed by atoms with Crippen LogP contribution in [0.5, 0.6) is 0 Å². The summed E-state index contributed by atoms with van der Waals surface area (Å²) in [6.07, 6.45) is 0.965. The molecular formula is C14H14Cl3NS. The predicted octanol–water partition coefficient (Wildman–Crippen LogP) is 5.60. The largest absolute Gasteiger partial charge is 0.310 e. The van der Waals surface area contributed by atoms with Crippen LogP contribution < -0.4 is 5.32 Å². The highest BCUT2D eigenvalue weighted by molar-refractivity contribution is 7.16. The van der Waals surface area contributed by atoms with Gasteiger partial charge in [-0.2, -0.15) is 0 Å². The number of hydrogen-bond donors (Lipinski definition) is 1. The molecule has 0 fully saturated rings. The van der Waals surface area contributed by atoms with Crippen molar-refractivity contribution in [3.05, 3.63) is 55.2 Å². The fraction of sp³-hybridized carbons (Fsp3) is 0.286. The van der Waals surface area contributed by atoms with Crippen molar-refractivity contribution in [1.82, 2.24) is 5.32 Å². The Bertz CT molecular complexity index is 553. The van der Waals surface area contributed by atoms with Gasteiger partial charge in [0.05, 0.1) is 4.34 Å². The zero-order valence-electron chi connectivity index (χ0n) is 10.4. The molecule has 0 saturated carbocycles. The minimum atomic E-state index is 0.195. The first-order valence-electron chi connectivity index (χ1n) is 5.99. The molecule has 1 atom stereocenters. The van der Waals surface area contributed by atoms with Gasteiger partial charge in [-0.05, 0) is 43.2 Å². The smallest absolute Gasteiger partial charge is 0.0931 e. The third-order valence-electron chi connectivity index (χ3n) is 2.88. The molecule has 0 aliphatic heterocycles. The van der Waals surface area contributed by atoms with Crippen LogP contribution in [0.3, 0.4) is 0 Å². The Balaban J connectivity index is 1.88. The van der Waals surface area contributed by atoms with E-state index >= 15 is 0 Å². The number of hydrogen-bond acceptors (Lipinski definition) is 2. The summed E-state index contributed by atoms with van der Waals surface area (Å²) in [6.45, 7) is 2.98. The maximum Gasteiger partial charge on any atom is 0.0931 e. The molecule has 1 N–H and O–H groups in total. The van der Waals surface area contributed by atoms with E-state index in [0.29, 0.717) is 10.0 Å². The average molecular weight is 335 g/mol. The Morgan fingerprint density at radius 3 is 2.58 bits per heavy atom. The van der Waals surface area contributed by atoms with Crippen LogP contribution in [0.2, 0.25) is 14.4 Å². The first-order valence-corrected chi connectivity index (χ1v) is 7.94. The quantitative estimate of drug-likeness (QED) is 0.750. The molecule has 19 heavy (non-hydrogen) atoms. The highest BCUT2D eigenvalue weighted by atomic mass is 35.5. The monoisotopic (exact) mass is 333 g/mol. The number of nitrogens with one attached hydrogen (secondary N) is 1. The Labute approximate surface area is 132 Å². The first-order chi connectivity index (χ1) is 9.06. The Morgan fingerprint density at radius 2 is 1.95 bits per heavy atom. The number of halogens is 3. The molecule has 2 rings (SSSR count). The Hall–Kier alpha value is -0.250. The molecule has 1 aromatic heterocycles. The van der Waals surface area contributed by atoms with Crippen molar-refractivity contribution >= 4 is 46.1 Å². The van der Waals surface area contributed by atoms with Crippen molar-refractivity contribution in [3.63, 3.8) is 0 Å². The van der Waals surface area contributed by atoms with Crippen LogP contribution in [-0.2, 0) is 6.42 Å². The molecule has 1 unspecified atom stereocenters. The maximum absolute atomic E-state index is 6.18. The van der Waals surface area contributed by atoms with Gasteiger partial charge in [0.25, 0.3) is 0 Å². The van der Waals surface area contributed by atoms with Gasteiger partial charge in [0, 0.05) is 27.5 Å². The van der Waals surface area contributed by atoms with Crippen LogP contribution in [0, 0.1) is 0 Å². The summed E-state index contributed by atoms with van der Waals surface area (Å²) in [7, 11) is 0. The zero-order valence-corrected chi connectivity index (χ0v) is 13.5. The van der Waals surface area contributed by atoms with Gasteiger partial charge in [-0.3, -0.25) is 0 Å². The molecule has 0 radical (unpaired) electrons. The van der Waals surface area contributed by atoms with E-state index < -0.39 is 0 Å². The van der Waals surface area contributed by atoms with E-state index in [0.717, 1.165) is 22.9 Å². The van der Waals surface area contributed by atoms with E-state index in [1.54, 1.807) is 17.4 Å². The molecule has 0 amide bonds. The van der Waals surface area contributed by atoms with Gasteiger partial charge < -0.3 is 5.32 Å². The molecule has 2 aromatic rings. The van der Waals surface area contributed by atoms with E-state index in [1.165, 1.54) is 4.88 Å². The second-order valence-electron chi connectivity index (χ2n) is 4.30. The lowest BCUT2D eigenvalue weighted by atomic mass is 10.1. The number of benzene rings is 1. The lowest BCUT2D eigenvalue weighted by Crippen LogP contribution is -2.21. The molecular weight excluding hydrogens is 321 g/mol. The predicted molar refractivity (Wildman–Crippen MR) is 85.9 cm³/mol. The summed E-state index contributed by atoms with van der Waals surface area (Å²) in [5, 5.41) is 4.81. The molecule has 0 bridgehead atoms. The van der Waals surface area contributed by atoms with Gasteiger partial charge in [-0.1, -0.05) is 40.9 Å². The van der Waals surface area contributed by atoms with Crippen molar-refractivity contribution in [2.75, 3.05) is 6.54 Å². The normalized spacial score (nSPS) is 12.6. The highest BCUT2D eigenvalue weighted by Gasteiger charge is 2.09. The summed E-state index contributed by atoms with van der Waals surface area (Å²) in [6, 6.07) is 9.79. The fourth-order valence-electron chi connectivity index (χ4n) is 1.86. The molecule has 0 spiro atoms. The SMILES string of the molecule is CC(NCCc1ccc(Cl)s1)c1ccc(Cl)cc1Cl. The van der Waals surface area contributed by atoms with E-state index in [1.807, 2.05) is 18.2 Å². The van der Waals surface area contributed by atoms with Crippen molar-refractivity contribution in [3.8, 4) is 0 Å².